The lowest BCUT2D eigenvalue weighted by molar-refractivity contribution is -0.142. The van der Waals surface area contributed by atoms with Crippen molar-refractivity contribution in [3.63, 3.8) is 0 Å². The van der Waals surface area contributed by atoms with Gasteiger partial charge in [-0.25, -0.2) is 14.4 Å². The molecule has 40 heavy (non-hydrogen) atoms. The summed E-state index contributed by atoms with van der Waals surface area (Å²) >= 11 is 12.5. The van der Waals surface area contributed by atoms with Crippen LogP contribution in [0, 0.1) is 11.7 Å². The van der Waals surface area contributed by atoms with Gasteiger partial charge in [0.25, 0.3) is 5.88 Å². The number of pyridine rings is 2. The van der Waals surface area contributed by atoms with Crippen LogP contribution in [-0.2, 0) is 16.1 Å². The molecule has 0 spiro atoms. The second kappa shape index (κ2) is 13.1. The summed E-state index contributed by atoms with van der Waals surface area (Å²) in [6, 6.07) is 10.6. The molecule has 4 heterocycles. The van der Waals surface area contributed by atoms with Crippen molar-refractivity contribution in [2.45, 2.75) is 45.1 Å². The predicted octanol–water partition coefficient (Wildman–Crippen LogP) is 7.15. The molecule has 0 radical (unpaired) electrons. The van der Waals surface area contributed by atoms with Gasteiger partial charge >= 0.3 is 5.97 Å². The number of anilines is 1. The molecule has 7 nitrogen and oxygen atoms in total. The zero-order valence-corrected chi connectivity index (χ0v) is 24.1. The largest absolute Gasteiger partial charge is 0.469 e. The van der Waals surface area contributed by atoms with Crippen LogP contribution in [0.4, 0.5) is 10.2 Å². The van der Waals surface area contributed by atoms with Crippen molar-refractivity contribution in [2.75, 3.05) is 38.2 Å². The van der Waals surface area contributed by atoms with E-state index in [1.54, 1.807) is 36.5 Å². The average Bonchev–Trinajstić information content (AvgIpc) is 2.96. The van der Waals surface area contributed by atoms with Gasteiger partial charge in [0.05, 0.1) is 19.0 Å². The normalized spacial score (nSPS) is 16.6. The maximum Gasteiger partial charge on any atom is 0.305 e. The molecule has 0 bridgehead atoms. The van der Waals surface area contributed by atoms with E-state index in [1.165, 1.54) is 13.5 Å². The first-order chi connectivity index (χ1) is 19.4. The first-order valence-corrected chi connectivity index (χ1v) is 14.5. The number of carbonyl (C=O) groups excluding carboxylic acids is 1. The molecule has 0 amide bonds. The molecule has 2 saturated heterocycles. The van der Waals surface area contributed by atoms with Crippen LogP contribution in [0.3, 0.4) is 0 Å². The fraction of sp³-hybridized carbons (Fsp3) is 0.433. The van der Waals surface area contributed by atoms with Gasteiger partial charge in [0.1, 0.15) is 11.6 Å². The second-order valence-electron chi connectivity index (χ2n) is 10.4. The number of esters is 1. The molecule has 10 heteroatoms. The molecule has 0 unspecified atom stereocenters. The van der Waals surface area contributed by atoms with Gasteiger partial charge in [-0.3, -0.25) is 9.69 Å². The van der Waals surface area contributed by atoms with Crippen LogP contribution < -0.4 is 9.64 Å². The van der Waals surface area contributed by atoms with E-state index in [1.807, 2.05) is 6.07 Å². The lowest BCUT2D eigenvalue weighted by atomic mass is 9.93. The Morgan fingerprint density at radius 1 is 1.02 bits per heavy atom. The number of halogens is 3. The lowest BCUT2D eigenvalue weighted by Gasteiger charge is -2.31. The highest BCUT2D eigenvalue weighted by Gasteiger charge is 2.24. The molecular formula is C30H33Cl2FN4O3. The van der Waals surface area contributed by atoms with Crippen molar-refractivity contribution in [3.8, 4) is 22.9 Å². The summed E-state index contributed by atoms with van der Waals surface area (Å²) in [5.74, 6) is 0.727. The molecule has 0 saturated carbocycles. The molecule has 0 aliphatic carbocycles. The Labute approximate surface area is 244 Å². The summed E-state index contributed by atoms with van der Waals surface area (Å²) in [5, 5.41) is 0.922. The Hall–Kier alpha value is -2.94. The maximum absolute atomic E-state index is 15.9. The molecule has 5 rings (SSSR count). The van der Waals surface area contributed by atoms with Crippen LogP contribution in [0.15, 0.2) is 42.6 Å². The summed E-state index contributed by atoms with van der Waals surface area (Å²) in [4.78, 5) is 25.2. The van der Waals surface area contributed by atoms with Crippen molar-refractivity contribution in [2.24, 2.45) is 5.92 Å². The molecule has 212 valence electrons. The first-order valence-electron chi connectivity index (χ1n) is 13.7. The van der Waals surface area contributed by atoms with Crippen LogP contribution in [-0.4, -0.2) is 54.1 Å². The maximum atomic E-state index is 15.9. The van der Waals surface area contributed by atoms with Gasteiger partial charge in [-0.1, -0.05) is 23.2 Å². The highest BCUT2D eigenvalue weighted by atomic mass is 35.5. The minimum atomic E-state index is -0.520. The highest BCUT2D eigenvalue weighted by molar-refractivity contribution is 6.35. The van der Waals surface area contributed by atoms with Gasteiger partial charge in [-0.15, -0.1) is 0 Å². The number of likely N-dealkylation sites (tertiary alicyclic amines) is 1. The van der Waals surface area contributed by atoms with Crippen LogP contribution >= 0.6 is 23.2 Å². The quantitative estimate of drug-likeness (QED) is 0.260. The number of aromatic nitrogens is 2. The monoisotopic (exact) mass is 586 g/mol. The number of piperidine rings is 2. The summed E-state index contributed by atoms with van der Waals surface area (Å²) in [6.45, 7) is 3.84. The number of methoxy groups -OCH3 is 1. The number of carbonyl (C=O) groups is 1. The average molecular weight is 588 g/mol. The zero-order valence-electron chi connectivity index (χ0n) is 22.5. The van der Waals surface area contributed by atoms with Crippen LogP contribution in [0.25, 0.3) is 11.3 Å². The van der Waals surface area contributed by atoms with Gasteiger partial charge in [-0.05, 0) is 87.5 Å². The van der Waals surface area contributed by atoms with E-state index in [0.29, 0.717) is 45.6 Å². The number of benzene rings is 1. The van der Waals surface area contributed by atoms with E-state index in [4.69, 9.17) is 32.7 Å². The topological polar surface area (TPSA) is 67.8 Å². The van der Waals surface area contributed by atoms with Crippen LogP contribution in [0.2, 0.25) is 10.0 Å². The number of hydrogen-bond acceptors (Lipinski definition) is 7. The minimum absolute atomic E-state index is 0.128. The van der Waals surface area contributed by atoms with Gasteiger partial charge in [0.15, 0.2) is 5.82 Å². The van der Waals surface area contributed by atoms with Crippen molar-refractivity contribution in [1.29, 1.82) is 0 Å². The smallest absolute Gasteiger partial charge is 0.305 e. The first kappa shape index (κ1) is 28.6. The Morgan fingerprint density at radius 3 is 2.40 bits per heavy atom. The predicted molar refractivity (Wildman–Crippen MR) is 155 cm³/mol. The Bertz CT molecular complexity index is 1310. The third-order valence-electron chi connectivity index (χ3n) is 7.56. The van der Waals surface area contributed by atoms with E-state index >= 15 is 4.39 Å². The van der Waals surface area contributed by atoms with E-state index in [9.17, 15) is 4.79 Å². The highest BCUT2D eigenvalue weighted by Crippen LogP contribution is 2.33. The Morgan fingerprint density at radius 2 is 1.75 bits per heavy atom. The number of nitrogens with zero attached hydrogens (tertiary/aromatic N) is 4. The molecule has 0 N–H and O–H groups in total. The fourth-order valence-electron chi connectivity index (χ4n) is 5.35. The molecule has 2 aromatic heterocycles. The van der Waals surface area contributed by atoms with E-state index in [-0.39, 0.29) is 17.8 Å². The van der Waals surface area contributed by atoms with Crippen LogP contribution in [0.1, 0.15) is 44.1 Å². The van der Waals surface area contributed by atoms with Gasteiger partial charge in [0.2, 0.25) is 0 Å². The molecule has 3 aromatic rings. The summed E-state index contributed by atoms with van der Waals surface area (Å²) < 4.78 is 26.7. The van der Waals surface area contributed by atoms with Gasteiger partial charge < -0.3 is 14.4 Å². The molecule has 2 aliphatic rings. The van der Waals surface area contributed by atoms with Gasteiger partial charge in [0, 0.05) is 47.2 Å². The van der Waals surface area contributed by atoms with Crippen molar-refractivity contribution < 1.29 is 18.7 Å². The minimum Gasteiger partial charge on any atom is -0.469 e. The molecule has 2 aliphatic heterocycles. The lowest BCUT2D eigenvalue weighted by Crippen LogP contribution is -2.34. The van der Waals surface area contributed by atoms with E-state index in [2.05, 4.69) is 19.8 Å². The van der Waals surface area contributed by atoms with Crippen molar-refractivity contribution in [3.05, 3.63) is 64.0 Å². The Balaban J connectivity index is 1.38. The summed E-state index contributed by atoms with van der Waals surface area (Å²) in [5.41, 5.74) is 1.63. The summed E-state index contributed by atoms with van der Waals surface area (Å²) in [6.07, 6.45) is 7.26. The number of hydrogen-bond donors (Lipinski definition) is 0. The van der Waals surface area contributed by atoms with E-state index < -0.39 is 5.82 Å². The third kappa shape index (κ3) is 7.22. The van der Waals surface area contributed by atoms with Gasteiger partial charge in [-0.2, -0.15) is 0 Å². The summed E-state index contributed by atoms with van der Waals surface area (Å²) in [7, 11) is 1.41. The molecule has 2 fully saturated rings. The zero-order chi connectivity index (χ0) is 28.1. The fourth-order valence-corrected chi connectivity index (χ4v) is 5.88. The number of rotatable bonds is 8. The SMILES string of the molecule is COC(=O)CC1CCN(Cc2cc(-c3cc(Cl)cc(Cl)c3)nc(Oc3ccc(N4CCCCC4)nc3)c2F)CC1. The molecule has 0 atom stereocenters. The Kier molecular flexibility index (Phi) is 9.40. The number of ether oxygens (including phenoxy) is 2. The second-order valence-corrected chi connectivity index (χ2v) is 11.3. The third-order valence-corrected chi connectivity index (χ3v) is 8.00. The standard InChI is InChI=1S/C30H33Cl2FN4O3/c1-39-28(38)13-20-7-11-36(12-8-20)19-22-16-26(21-14-23(31)17-24(32)15-21)35-30(29(22)33)40-25-5-6-27(34-18-25)37-9-3-2-4-10-37/h5-6,14-18,20H,2-4,7-13,19H2,1H3. The molecule has 1 aromatic carbocycles. The van der Waals surface area contributed by atoms with E-state index in [0.717, 1.165) is 57.7 Å². The van der Waals surface area contributed by atoms with Crippen molar-refractivity contribution >= 4 is 35.0 Å². The van der Waals surface area contributed by atoms with Crippen molar-refractivity contribution in [1.82, 2.24) is 14.9 Å². The van der Waals surface area contributed by atoms with Crippen LogP contribution in [0.5, 0.6) is 11.6 Å². The molecular weight excluding hydrogens is 554 g/mol.